The van der Waals surface area contributed by atoms with Crippen LogP contribution >= 0.6 is 0 Å². The van der Waals surface area contributed by atoms with Crippen molar-refractivity contribution in [3.63, 3.8) is 0 Å². The molecule has 0 aromatic carbocycles. The molecule has 1 aliphatic rings. The van der Waals surface area contributed by atoms with Gasteiger partial charge in [-0.1, -0.05) is 51.2 Å². The summed E-state index contributed by atoms with van der Waals surface area (Å²) >= 11 is 0. The predicted molar refractivity (Wildman–Crippen MR) is 81.3 cm³/mol. The minimum Gasteiger partial charge on any atom is -0.103 e. The van der Waals surface area contributed by atoms with Gasteiger partial charge in [-0.15, -0.1) is 19.1 Å². The van der Waals surface area contributed by atoms with Crippen LogP contribution in [0.25, 0.3) is 0 Å². The molecule has 1 atom stereocenters. The molecule has 1 fully saturated rings. The average molecular weight is 244 g/mol. The van der Waals surface area contributed by atoms with Crippen LogP contribution in [0, 0.1) is 29.1 Å². The van der Waals surface area contributed by atoms with Crippen LogP contribution in [0.1, 0.15) is 58.8 Å². The van der Waals surface area contributed by atoms with Crippen molar-refractivity contribution in [3.8, 4) is 11.8 Å². The van der Waals surface area contributed by atoms with E-state index in [4.69, 9.17) is 0 Å². The summed E-state index contributed by atoms with van der Waals surface area (Å²) in [6.07, 6.45) is 13.0. The Kier molecular flexibility index (Phi) is 6.27. The maximum Gasteiger partial charge on any atom is 0.0202 e. The Balaban J connectivity index is 2.37. The molecule has 0 aromatic rings. The Labute approximate surface area is 114 Å². The van der Waals surface area contributed by atoms with E-state index in [-0.39, 0.29) is 5.41 Å². The third-order valence-electron chi connectivity index (χ3n) is 4.26. The first-order chi connectivity index (χ1) is 8.60. The predicted octanol–water partition coefficient (Wildman–Crippen LogP) is 5.36. The fraction of sp³-hybridized carbons (Fsp3) is 0.667. The van der Waals surface area contributed by atoms with Crippen molar-refractivity contribution in [3.05, 3.63) is 25.3 Å². The maximum absolute atomic E-state index is 3.95. The van der Waals surface area contributed by atoms with Crippen molar-refractivity contribution < 1.29 is 0 Å². The highest BCUT2D eigenvalue weighted by molar-refractivity contribution is 5.06. The summed E-state index contributed by atoms with van der Waals surface area (Å²) in [5.41, 5.74) is 0.133. The first-order valence-corrected chi connectivity index (χ1v) is 7.34. The van der Waals surface area contributed by atoms with E-state index in [1.165, 1.54) is 32.1 Å². The van der Waals surface area contributed by atoms with E-state index in [1.54, 1.807) is 0 Å². The smallest absolute Gasteiger partial charge is 0.0202 e. The Bertz CT molecular complexity index is 318. The summed E-state index contributed by atoms with van der Waals surface area (Å²) in [7, 11) is 0. The molecule has 18 heavy (non-hydrogen) atoms. The highest BCUT2D eigenvalue weighted by Gasteiger charge is 2.22. The maximum atomic E-state index is 3.95. The Morgan fingerprint density at radius 1 is 1.22 bits per heavy atom. The number of hydrogen-bond acceptors (Lipinski definition) is 0. The van der Waals surface area contributed by atoms with Gasteiger partial charge >= 0.3 is 0 Å². The molecule has 0 nitrogen and oxygen atoms in total. The molecule has 0 bridgehead atoms. The lowest BCUT2D eigenvalue weighted by Crippen LogP contribution is -2.19. The summed E-state index contributed by atoms with van der Waals surface area (Å²) in [4.78, 5) is 0. The normalized spacial score (nSPS) is 18.6. The third kappa shape index (κ3) is 4.73. The molecular weight excluding hydrogens is 216 g/mol. The molecule has 1 unspecified atom stereocenters. The van der Waals surface area contributed by atoms with Crippen LogP contribution in [0.3, 0.4) is 0 Å². The van der Waals surface area contributed by atoms with Gasteiger partial charge in [0.05, 0.1) is 0 Å². The van der Waals surface area contributed by atoms with Crippen molar-refractivity contribution >= 4 is 0 Å². The van der Waals surface area contributed by atoms with Gasteiger partial charge in [-0.3, -0.25) is 0 Å². The van der Waals surface area contributed by atoms with Crippen molar-refractivity contribution in [1.82, 2.24) is 0 Å². The lowest BCUT2D eigenvalue weighted by Gasteiger charge is -2.28. The van der Waals surface area contributed by atoms with E-state index in [1.807, 2.05) is 6.08 Å². The molecule has 1 rings (SSSR count). The van der Waals surface area contributed by atoms with Crippen LogP contribution in [0.4, 0.5) is 0 Å². The van der Waals surface area contributed by atoms with Crippen LogP contribution in [0.2, 0.25) is 0 Å². The van der Waals surface area contributed by atoms with Crippen LogP contribution in [0.5, 0.6) is 0 Å². The molecule has 0 aliphatic heterocycles. The summed E-state index contributed by atoms with van der Waals surface area (Å²) in [5, 5.41) is 0. The fourth-order valence-corrected chi connectivity index (χ4v) is 2.64. The van der Waals surface area contributed by atoms with Gasteiger partial charge in [0.15, 0.2) is 0 Å². The highest BCUT2D eigenvalue weighted by atomic mass is 14.3. The molecule has 0 heteroatoms. The topological polar surface area (TPSA) is 0 Å². The van der Waals surface area contributed by atoms with Crippen molar-refractivity contribution in [2.45, 2.75) is 58.8 Å². The van der Waals surface area contributed by atoms with E-state index in [2.05, 4.69) is 44.9 Å². The Morgan fingerprint density at radius 2 is 1.89 bits per heavy atom. The Morgan fingerprint density at radius 3 is 2.44 bits per heavy atom. The zero-order chi connectivity index (χ0) is 13.4. The van der Waals surface area contributed by atoms with E-state index in [9.17, 15) is 0 Å². The molecule has 1 aliphatic carbocycles. The van der Waals surface area contributed by atoms with Crippen molar-refractivity contribution in [2.24, 2.45) is 17.3 Å². The molecule has 100 valence electrons. The van der Waals surface area contributed by atoms with Gasteiger partial charge in [-0.25, -0.2) is 0 Å². The molecule has 0 heterocycles. The van der Waals surface area contributed by atoms with Gasteiger partial charge in [-0.05, 0) is 30.6 Å². The minimum absolute atomic E-state index is 0.133. The van der Waals surface area contributed by atoms with Crippen molar-refractivity contribution in [2.75, 3.05) is 0 Å². The first kappa shape index (κ1) is 15.1. The second kappa shape index (κ2) is 7.47. The molecular formula is C18H28. The Hall–Kier alpha value is -0.960. The van der Waals surface area contributed by atoms with Crippen molar-refractivity contribution in [1.29, 1.82) is 0 Å². The van der Waals surface area contributed by atoms with Gasteiger partial charge in [0.1, 0.15) is 0 Å². The molecule has 0 aromatic heterocycles. The number of allylic oxidation sites excluding steroid dienone is 2. The van der Waals surface area contributed by atoms with Crippen LogP contribution in [0.15, 0.2) is 25.3 Å². The molecule has 0 spiro atoms. The molecule has 0 saturated heterocycles. The highest BCUT2D eigenvalue weighted by Crippen LogP contribution is 2.32. The van der Waals surface area contributed by atoms with Gasteiger partial charge in [0.25, 0.3) is 0 Å². The van der Waals surface area contributed by atoms with Gasteiger partial charge < -0.3 is 0 Å². The first-order valence-electron chi connectivity index (χ1n) is 7.34. The van der Waals surface area contributed by atoms with Gasteiger partial charge in [-0.2, -0.15) is 0 Å². The summed E-state index contributed by atoms with van der Waals surface area (Å²) < 4.78 is 0. The lowest BCUT2D eigenvalue weighted by molar-refractivity contribution is 0.328. The van der Waals surface area contributed by atoms with Crippen LogP contribution in [-0.4, -0.2) is 0 Å². The fourth-order valence-electron chi connectivity index (χ4n) is 2.64. The summed E-state index contributed by atoms with van der Waals surface area (Å²) in [5.74, 6) is 8.00. The largest absolute Gasteiger partial charge is 0.103 e. The molecule has 0 N–H and O–H groups in total. The molecule has 1 saturated carbocycles. The SMILES string of the molecule is C=CC(CCC#CC1CCCCC1)C(C)(C)C=C. The van der Waals surface area contributed by atoms with Gasteiger partial charge in [0.2, 0.25) is 0 Å². The standard InChI is InChI=1S/C18H28/c1-5-17(18(3,4)6-2)15-11-10-14-16-12-8-7-9-13-16/h5-6,16-17H,1-2,7-9,11-13,15H2,3-4H3. The summed E-state index contributed by atoms with van der Waals surface area (Å²) in [6, 6.07) is 0. The third-order valence-corrected chi connectivity index (χ3v) is 4.26. The molecule has 0 amide bonds. The van der Waals surface area contributed by atoms with E-state index in [0.29, 0.717) is 11.8 Å². The monoisotopic (exact) mass is 244 g/mol. The number of hydrogen-bond donors (Lipinski definition) is 0. The quantitative estimate of drug-likeness (QED) is 0.451. The lowest BCUT2D eigenvalue weighted by atomic mass is 9.76. The zero-order valence-corrected chi connectivity index (χ0v) is 12.2. The summed E-state index contributed by atoms with van der Waals surface area (Å²) in [6.45, 7) is 12.3. The van der Waals surface area contributed by atoms with Gasteiger partial charge in [0, 0.05) is 12.3 Å². The average Bonchev–Trinajstić information content (AvgIpc) is 2.39. The molecule has 0 radical (unpaired) electrons. The van der Waals surface area contributed by atoms with E-state index in [0.717, 1.165) is 12.8 Å². The van der Waals surface area contributed by atoms with E-state index >= 15 is 0 Å². The van der Waals surface area contributed by atoms with Crippen LogP contribution < -0.4 is 0 Å². The zero-order valence-electron chi connectivity index (χ0n) is 12.2. The van der Waals surface area contributed by atoms with E-state index < -0.39 is 0 Å². The number of rotatable bonds is 5. The van der Waals surface area contributed by atoms with Crippen LogP contribution in [-0.2, 0) is 0 Å². The second-order valence-corrected chi connectivity index (χ2v) is 6.06. The minimum atomic E-state index is 0.133. The second-order valence-electron chi connectivity index (χ2n) is 6.06.